The highest BCUT2D eigenvalue weighted by Crippen LogP contribution is 2.15. The highest BCUT2D eigenvalue weighted by Gasteiger charge is 2.10. The number of benzene rings is 1. The van der Waals surface area contributed by atoms with Crippen LogP contribution in [0.3, 0.4) is 0 Å². The second-order valence-electron chi connectivity index (χ2n) is 5.37. The Hall–Kier alpha value is -1.75. The Morgan fingerprint density at radius 3 is 2.32 bits per heavy atom. The second-order valence-corrected chi connectivity index (χ2v) is 5.37. The van der Waals surface area contributed by atoms with Crippen LogP contribution < -0.4 is 0 Å². The number of piperidine rings is 1. The molecule has 0 unspecified atom stereocenters. The smallest absolute Gasteiger partial charge is 0.237 e. The number of carbonyl (C=O) groups is 1. The Morgan fingerprint density at radius 2 is 1.63 bits per heavy atom. The number of nitrogens with zero attached hydrogens (tertiary/aromatic N) is 1. The molecule has 0 atom stereocenters. The molecule has 0 spiro atoms. The number of likely N-dealkylation sites (tertiary alicyclic amines) is 1. The van der Waals surface area contributed by atoms with Crippen molar-refractivity contribution in [2.24, 2.45) is 0 Å². The normalized spacial score (nSPS) is 14.8. The van der Waals surface area contributed by atoms with Gasteiger partial charge in [-0.1, -0.05) is 6.07 Å². The zero-order valence-electron chi connectivity index (χ0n) is 12.0. The van der Waals surface area contributed by atoms with E-state index >= 15 is 0 Å². The van der Waals surface area contributed by atoms with Crippen LogP contribution in [0.2, 0.25) is 0 Å². The Balaban J connectivity index is 2.16. The summed E-state index contributed by atoms with van der Waals surface area (Å²) in [6.45, 7) is 8.06. The van der Waals surface area contributed by atoms with Crippen LogP contribution >= 0.6 is 0 Å². The number of hydrogen-bond acceptors (Lipinski definition) is 2. The van der Waals surface area contributed by atoms with Crippen molar-refractivity contribution in [2.75, 3.05) is 13.1 Å². The van der Waals surface area contributed by atoms with Gasteiger partial charge in [0.05, 0.1) is 0 Å². The molecule has 0 amide bonds. The molecule has 100 valence electrons. The second kappa shape index (κ2) is 5.93. The van der Waals surface area contributed by atoms with Gasteiger partial charge in [-0.05, 0) is 68.7 Å². The van der Waals surface area contributed by atoms with Gasteiger partial charge in [0, 0.05) is 24.7 Å². The summed E-state index contributed by atoms with van der Waals surface area (Å²) in [4.78, 5) is 14.2. The van der Waals surface area contributed by atoms with Crippen LogP contribution in [0.1, 0.15) is 46.3 Å². The average molecular weight is 255 g/mol. The van der Waals surface area contributed by atoms with Crippen LogP contribution in [-0.4, -0.2) is 23.8 Å². The van der Waals surface area contributed by atoms with E-state index in [4.69, 9.17) is 0 Å². The van der Waals surface area contributed by atoms with E-state index in [-0.39, 0.29) is 5.78 Å². The maximum Gasteiger partial charge on any atom is 0.237 e. The Morgan fingerprint density at radius 1 is 1.00 bits per heavy atom. The Labute approximate surface area is 115 Å². The summed E-state index contributed by atoms with van der Waals surface area (Å²) in [5.74, 6) is 2.73. The van der Waals surface area contributed by atoms with Crippen molar-refractivity contribution < 1.29 is 4.79 Å². The van der Waals surface area contributed by atoms with E-state index in [9.17, 15) is 4.79 Å². The lowest BCUT2D eigenvalue weighted by atomic mass is 9.98. The molecule has 2 rings (SSSR count). The van der Waals surface area contributed by atoms with Crippen LogP contribution in [0.4, 0.5) is 0 Å². The van der Waals surface area contributed by atoms with Crippen molar-refractivity contribution in [2.45, 2.75) is 40.0 Å². The minimum atomic E-state index is -0.0637. The van der Waals surface area contributed by atoms with Crippen LogP contribution in [0.25, 0.3) is 0 Å². The van der Waals surface area contributed by atoms with Crippen molar-refractivity contribution >= 4 is 5.78 Å². The fourth-order valence-corrected chi connectivity index (χ4v) is 2.41. The highest BCUT2D eigenvalue weighted by molar-refractivity contribution is 6.10. The largest absolute Gasteiger partial charge is 0.332 e. The molecular weight excluding hydrogens is 234 g/mol. The van der Waals surface area contributed by atoms with Crippen LogP contribution in [0.5, 0.6) is 0 Å². The van der Waals surface area contributed by atoms with E-state index in [0.717, 1.165) is 29.8 Å². The highest BCUT2D eigenvalue weighted by atomic mass is 16.1. The van der Waals surface area contributed by atoms with Gasteiger partial charge in [-0.25, -0.2) is 0 Å². The monoisotopic (exact) mass is 255 g/mol. The molecular formula is C17H21NO. The third kappa shape index (κ3) is 3.38. The molecule has 1 saturated heterocycles. The molecule has 0 bridgehead atoms. The van der Waals surface area contributed by atoms with Gasteiger partial charge in [0.15, 0.2) is 0 Å². The third-order valence-electron chi connectivity index (χ3n) is 3.77. The molecule has 1 aromatic rings. The number of ketones is 1. The fourth-order valence-electron chi connectivity index (χ4n) is 2.41. The maximum atomic E-state index is 12.2. The fraction of sp³-hybridized carbons (Fsp3) is 0.471. The Kier molecular flexibility index (Phi) is 4.27. The SMILES string of the molecule is Cc1cc(C)c(C(=O)C#CN2CCCCC2)cc1C. The lowest BCUT2D eigenvalue weighted by molar-refractivity contribution is 0.105. The van der Waals surface area contributed by atoms with Gasteiger partial charge in [-0.2, -0.15) is 0 Å². The van der Waals surface area contributed by atoms with Gasteiger partial charge >= 0.3 is 0 Å². The molecule has 2 heteroatoms. The zero-order chi connectivity index (χ0) is 13.8. The first-order valence-corrected chi connectivity index (χ1v) is 6.96. The number of carbonyl (C=O) groups excluding carboxylic acids is 1. The van der Waals surface area contributed by atoms with Gasteiger partial charge in [0.1, 0.15) is 0 Å². The molecule has 1 aromatic carbocycles. The van der Waals surface area contributed by atoms with Gasteiger partial charge in [0.2, 0.25) is 5.78 Å². The van der Waals surface area contributed by atoms with Crippen molar-refractivity contribution in [1.82, 2.24) is 4.90 Å². The van der Waals surface area contributed by atoms with Crippen molar-refractivity contribution in [3.63, 3.8) is 0 Å². The van der Waals surface area contributed by atoms with Gasteiger partial charge in [-0.3, -0.25) is 4.79 Å². The lowest BCUT2D eigenvalue weighted by Crippen LogP contribution is -2.25. The molecule has 0 N–H and O–H groups in total. The van der Waals surface area contributed by atoms with E-state index in [1.807, 2.05) is 19.9 Å². The maximum absolute atomic E-state index is 12.2. The standard InChI is InChI=1S/C17H21NO/c1-13-11-15(3)16(12-14(13)2)17(19)7-10-18-8-5-4-6-9-18/h11-12H,4-6,8-9H2,1-3H3. The van der Waals surface area contributed by atoms with E-state index in [0.29, 0.717) is 0 Å². The molecule has 0 aromatic heterocycles. The first kappa shape index (κ1) is 13.7. The summed E-state index contributed by atoms with van der Waals surface area (Å²) in [5.41, 5.74) is 4.13. The molecule has 0 saturated carbocycles. The molecule has 0 radical (unpaired) electrons. The molecule has 1 aliphatic heterocycles. The van der Waals surface area contributed by atoms with E-state index in [1.165, 1.54) is 24.8 Å². The summed E-state index contributed by atoms with van der Waals surface area (Å²) in [6, 6.07) is 7.03. The Bertz CT molecular complexity index is 542. The van der Waals surface area contributed by atoms with E-state index < -0.39 is 0 Å². The number of rotatable bonds is 1. The van der Waals surface area contributed by atoms with Crippen LogP contribution in [0.15, 0.2) is 12.1 Å². The molecule has 19 heavy (non-hydrogen) atoms. The van der Waals surface area contributed by atoms with Gasteiger partial charge in [-0.15, -0.1) is 0 Å². The molecule has 0 aliphatic carbocycles. The van der Waals surface area contributed by atoms with E-state index in [1.54, 1.807) is 0 Å². The molecule has 1 aliphatic rings. The minimum Gasteiger partial charge on any atom is -0.332 e. The predicted octanol–water partition coefficient (Wildman–Crippen LogP) is 3.24. The predicted molar refractivity (Wildman–Crippen MR) is 78.2 cm³/mol. The molecule has 2 nitrogen and oxygen atoms in total. The zero-order valence-corrected chi connectivity index (χ0v) is 12.0. The molecule has 1 heterocycles. The van der Waals surface area contributed by atoms with E-state index in [2.05, 4.69) is 29.9 Å². The quantitative estimate of drug-likeness (QED) is 0.567. The number of aryl methyl sites for hydroxylation is 3. The number of Topliss-reactive ketones (excluding diaryl/α,β-unsaturated/α-hetero) is 1. The molecule has 1 fully saturated rings. The van der Waals surface area contributed by atoms with Crippen LogP contribution in [0, 0.1) is 32.7 Å². The van der Waals surface area contributed by atoms with Gasteiger partial charge < -0.3 is 4.90 Å². The number of hydrogen-bond donors (Lipinski definition) is 0. The first-order chi connectivity index (χ1) is 9.08. The van der Waals surface area contributed by atoms with Crippen LogP contribution in [-0.2, 0) is 0 Å². The first-order valence-electron chi connectivity index (χ1n) is 6.96. The summed E-state index contributed by atoms with van der Waals surface area (Å²) < 4.78 is 0. The summed E-state index contributed by atoms with van der Waals surface area (Å²) >= 11 is 0. The third-order valence-corrected chi connectivity index (χ3v) is 3.77. The van der Waals surface area contributed by atoms with Gasteiger partial charge in [0.25, 0.3) is 0 Å². The lowest BCUT2D eigenvalue weighted by Gasteiger charge is -2.21. The average Bonchev–Trinajstić information content (AvgIpc) is 2.41. The summed E-state index contributed by atoms with van der Waals surface area (Å²) in [6.07, 6.45) is 3.65. The van der Waals surface area contributed by atoms with Crippen molar-refractivity contribution in [1.29, 1.82) is 0 Å². The van der Waals surface area contributed by atoms with Crippen molar-refractivity contribution in [3.8, 4) is 12.0 Å². The minimum absolute atomic E-state index is 0.0637. The van der Waals surface area contributed by atoms with Crippen molar-refractivity contribution in [3.05, 3.63) is 34.4 Å². The topological polar surface area (TPSA) is 20.3 Å². The summed E-state index contributed by atoms with van der Waals surface area (Å²) in [7, 11) is 0. The summed E-state index contributed by atoms with van der Waals surface area (Å²) in [5, 5.41) is 0.